The molecule has 0 spiro atoms. The first kappa shape index (κ1) is 62.5. The van der Waals surface area contributed by atoms with Crippen LogP contribution in [0.2, 0.25) is 0 Å². The molecule has 91 heavy (non-hydrogen) atoms. The van der Waals surface area contributed by atoms with Crippen molar-refractivity contribution in [3.63, 3.8) is 0 Å². The van der Waals surface area contributed by atoms with Crippen LogP contribution in [-0.2, 0) is 62.1 Å². The Kier molecular flexibility index (Phi) is 39.7. The summed E-state index contributed by atoms with van der Waals surface area (Å²) in [6.07, 6.45) is 15.5. The number of carbonyl (C=O) groups excluding carboxylic acids is 9. The van der Waals surface area contributed by atoms with E-state index in [1.807, 2.05) is 47.1 Å². The number of thioether (sulfide) groups is 1. The number of allylic oxidation sites excluding steroid dienone is 2. The maximum Gasteiger partial charge on any atom is 0.246 e. The van der Waals surface area contributed by atoms with Gasteiger partial charge in [-0.05, 0) is 125 Å². The average molecular weight is 1390 g/mol. The normalized spacial score (nSPS) is 14.4. The second-order valence-electron chi connectivity index (χ2n) is 23.0. The molecule has 0 aromatic heterocycles. The highest BCUT2D eigenvalue weighted by molar-refractivity contribution is 7.97. The summed E-state index contributed by atoms with van der Waals surface area (Å²) in [5, 5.41) is 51.5. The summed E-state index contributed by atoms with van der Waals surface area (Å²) in [5.41, 5.74) is 10.1. The minimum Gasteiger partial charge on any atom is -0.411 e. The molecule has 0 aromatic carbocycles. The number of unbranched alkanes of at least 4 members (excludes halogenated alkanes) is 3. The van der Waals surface area contributed by atoms with Crippen LogP contribution in [-0.4, -0.2) is 209 Å². The van der Waals surface area contributed by atoms with Gasteiger partial charge in [0, 0.05) is 134 Å². The number of nitrogens with zero attached hydrogens (tertiary/aromatic N) is 2. The second-order valence-corrected chi connectivity index (χ2v) is 23.8. The van der Waals surface area contributed by atoms with Crippen LogP contribution in [0.15, 0.2) is 22.5 Å². The molecule has 0 bridgehead atoms. The number of hydrogen-bond acceptors (Lipinski definition) is 20. The molecular weight excluding hydrogens is 1200 g/mol. The highest BCUT2D eigenvalue weighted by Crippen LogP contribution is 2.11. The lowest BCUT2D eigenvalue weighted by Gasteiger charge is -2.32. The highest BCUT2D eigenvalue weighted by Gasteiger charge is 2.27. The summed E-state index contributed by atoms with van der Waals surface area (Å²) in [4.78, 5) is 111. The molecule has 0 unspecified atom stereocenters. The lowest BCUT2D eigenvalue weighted by molar-refractivity contribution is -0.129. The van der Waals surface area contributed by atoms with Gasteiger partial charge in [-0.1, -0.05) is 56.1 Å². The molecule has 0 radical (unpaired) electrons. The average Bonchev–Trinajstić information content (AvgIpc) is 0.867. The zero-order valence-corrected chi connectivity index (χ0v) is 57.9. The van der Waals surface area contributed by atoms with Gasteiger partial charge in [0.05, 0.1) is 68.2 Å². The first-order valence-corrected chi connectivity index (χ1v) is 33.5. The third kappa shape index (κ3) is 54.3. The van der Waals surface area contributed by atoms with Crippen LogP contribution in [0.25, 0.3) is 0 Å². The summed E-state index contributed by atoms with van der Waals surface area (Å²) in [5.74, 6) is -3.34. The van der Waals surface area contributed by atoms with E-state index in [4.69, 9.17) is 77.9 Å². The molecule has 0 saturated heterocycles. The van der Waals surface area contributed by atoms with Crippen molar-refractivity contribution in [3.8, 4) is 0 Å². The van der Waals surface area contributed by atoms with Crippen LogP contribution in [0.4, 0.5) is 0 Å². The van der Waals surface area contributed by atoms with Gasteiger partial charge in [0.1, 0.15) is 19.3 Å². The van der Waals surface area contributed by atoms with Gasteiger partial charge in [-0.25, -0.2) is 0 Å². The van der Waals surface area contributed by atoms with E-state index in [9.17, 15) is 53.6 Å². The van der Waals surface area contributed by atoms with E-state index < -0.39 is 35.0 Å². The maximum absolute atomic E-state index is 13.3. The molecule has 564 valence electrons. The Morgan fingerprint density at radius 1 is 0.538 bits per heavy atom. The van der Waals surface area contributed by atoms with Gasteiger partial charge >= 0.3 is 0 Å². The summed E-state index contributed by atoms with van der Waals surface area (Å²) in [6, 6.07) is -1.33. The minimum absolute atomic E-state index is 0. The SMILES string of the molecule is C/C(=N\O)C(C)(C)NCC(CNC(C)(C)/C(C)=N/O)NC(=O)CCCC(=O)N[C@@H](CCCCNC(=O)CCCC(=O)NCCOCCOCC(=O)NCCOCCOCC(=O)NCCCC[C@H](C)C(N)=O)C(=O)NCCCC[C@H](C)C(N)=O.CC=CCC.CSC.[2H][2H].[2H][2H].[2H][2H].[2H][2H].[2H][2H].[2H][2H].[2H][2H].[2H][2H].[2H][2H].[2H][2H].[2H][2H].[2H][2H].[2H][2H].[2H][2H].[2H][2H].[2H][2H].[HH].[HH]. The van der Waals surface area contributed by atoms with Gasteiger partial charge in [0.15, 0.2) is 0 Å². The van der Waals surface area contributed by atoms with Gasteiger partial charge in [-0.2, -0.15) is 11.8 Å². The van der Waals surface area contributed by atoms with Crippen LogP contribution >= 0.6 is 11.8 Å². The number of primary amides is 2. The smallest absolute Gasteiger partial charge is 0.246 e. The lowest BCUT2D eigenvalue weighted by Crippen LogP contribution is -2.57. The fourth-order valence-electron chi connectivity index (χ4n) is 7.60. The van der Waals surface area contributed by atoms with Crippen molar-refractivity contribution < 1.29 is 123 Å². The zero-order valence-electron chi connectivity index (χ0n) is 89.0. The van der Waals surface area contributed by atoms with Crippen LogP contribution in [0.1, 0.15) is 222 Å². The Morgan fingerprint density at radius 2 is 0.901 bits per heavy atom. The van der Waals surface area contributed by atoms with Crippen LogP contribution < -0.4 is 59.3 Å². The van der Waals surface area contributed by atoms with E-state index in [0.717, 1.165) is 19.3 Å². The molecule has 0 heterocycles. The van der Waals surface area contributed by atoms with Crippen molar-refractivity contribution >= 4 is 76.3 Å². The summed E-state index contributed by atoms with van der Waals surface area (Å²) in [7, 11) is 0. The predicted octanol–water partition coefficient (Wildman–Crippen LogP) is 7.51. The molecule has 0 aromatic rings. The summed E-state index contributed by atoms with van der Waals surface area (Å²) in [6.45, 7) is 21.6. The van der Waals surface area contributed by atoms with E-state index >= 15 is 0 Å². The minimum atomic E-state index is -0.876. The van der Waals surface area contributed by atoms with Crippen molar-refractivity contribution in [1.82, 2.24) is 47.9 Å². The van der Waals surface area contributed by atoms with Gasteiger partial charge < -0.3 is 88.7 Å². The molecule has 29 heteroatoms. The van der Waals surface area contributed by atoms with E-state index in [-0.39, 0.29) is 174 Å². The molecule has 0 fully saturated rings. The molecule has 3 atom stereocenters. The number of nitrogens with two attached hydrogens (primary N) is 2. The molecule has 0 aliphatic carbocycles. The van der Waals surface area contributed by atoms with Crippen molar-refractivity contribution in [1.29, 1.82) is 0 Å². The number of oxime groups is 2. The molecule has 0 aliphatic heterocycles. The van der Waals surface area contributed by atoms with Gasteiger partial charge in [-0.3, -0.25) is 43.2 Å². The Hall–Kier alpha value is -5.98. The van der Waals surface area contributed by atoms with Crippen LogP contribution in [0.5, 0.6) is 0 Å². The van der Waals surface area contributed by atoms with Gasteiger partial charge in [-0.15, -0.1) is 0 Å². The predicted molar refractivity (Wildman–Crippen MR) is 395 cm³/mol. The fourth-order valence-corrected chi connectivity index (χ4v) is 7.60. The first-order valence-electron chi connectivity index (χ1n) is 47.9. The Labute approximate surface area is 599 Å². The van der Waals surface area contributed by atoms with Crippen molar-refractivity contribution in [3.05, 3.63) is 12.2 Å². The number of rotatable bonds is 53. The topological polar surface area (TPSA) is 416 Å². The fraction of sp³-hybridized carbons (Fsp3) is 0.790. The number of nitrogens with one attached hydrogen (secondary N) is 9. The molecule has 0 saturated carbocycles. The molecule has 0 aliphatic rings. The number of carbonyl (C=O) groups is 9. The highest BCUT2D eigenvalue weighted by atomic mass is 32.2. The monoisotopic (exact) mass is 1390 g/mol. The zero-order chi connectivity index (χ0) is 101. The molecule has 9 amide bonds. The molecule has 15 N–H and O–H groups in total. The van der Waals surface area contributed by atoms with Crippen LogP contribution in [0.3, 0.4) is 0 Å². The third-order valence-electron chi connectivity index (χ3n) is 14.1. The first-order chi connectivity index (χ1) is 59.2. The van der Waals surface area contributed by atoms with E-state index in [2.05, 4.69) is 77.2 Å². The largest absolute Gasteiger partial charge is 0.411 e. The van der Waals surface area contributed by atoms with Crippen molar-refractivity contribution in [2.75, 3.05) is 111 Å². The van der Waals surface area contributed by atoms with E-state index in [0.29, 0.717) is 76.0 Å². The quantitative estimate of drug-likeness (QED) is 0.00920. The maximum atomic E-state index is 13.3. The number of amides is 9. The molecule has 0 rings (SSSR count). The Morgan fingerprint density at radius 3 is 1.30 bits per heavy atom. The van der Waals surface area contributed by atoms with Gasteiger partial charge in [0.25, 0.3) is 0 Å². The molecular formula is C62H155N13O15S. The van der Waals surface area contributed by atoms with E-state index in [1.54, 1.807) is 39.5 Å². The third-order valence-corrected chi connectivity index (χ3v) is 14.1. The van der Waals surface area contributed by atoms with Gasteiger partial charge in [0.2, 0.25) is 53.2 Å². The van der Waals surface area contributed by atoms with Crippen molar-refractivity contribution in [2.24, 2.45) is 33.6 Å². The number of hydrogen-bond donors (Lipinski definition) is 13. The summed E-state index contributed by atoms with van der Waals surface area (Å²) >= 11 is 1.75. The second kappa shape index (κ2) is 57.9. The standard InChI is InChI=1S/C55H103N13O15.C5H10.C2H6S.18H2/c1-39(51(56)75)17-9-12-25-59-49(73)37-82-33-32-81-30-28-61-50(74)38-83-34-31-80-29-27-60-46(70)21-15-20-45(69)58-24-14-11-19-44(53(77)62-26-13-10-18-40(2)52(57)76)66-48(72)23-16-22-47(71)65-43(35-63-54(5,6)41(3)67-78)36-64-55(7,8)42(4)68-79;1-3-5-4-2;1-3-2;;;;;;;;;;;;;;;;;;/h39-40,43-44,63-64,78-79H,9-38H2,1-8H3,(H2,56,75)(H2,57,76)(H,58,69)(H,59,73)(H,60,70)(H,61,74)(H,62,77)(H,65,71)(H,66,72);3,5H,4H2,1-2H3;1-2H3;18*1H/b67-41+,68-42+;;;;;;;;;;;;;;;;;;;;/t39-,40-,44-;;;;;;;;;;;;;;;;;;;;/m0..................../s1/i;;;16*1+1D;;. The number of ether oxygens (including phenoxy) is 4. The lowest BCUT2D eigenvalue weighted by atomic mass is 9.98. The Bertz CT molecular complexity index is 2190. The van der Waals surface area contributed by atoms with E-state index in [1.165, 1.54) is 0 Å². The Balaban J connectivity index is -0.000000117. The van der Waals surface area contributed by atoms with Crippen molar-refractivity contribution in [2.45, 2.75) is 195 Å². The van der Waals surface area contributed by atoms with Crippen LogP contribution in [0, 0.1) is 11.8 Å². The molecule has 28 nitrogen and oxygen atoms in total. The summed E-state index contributed by atoms with van der Waals surface area (Å²) < 4.78 is 181.